The molecule has 9 nitrogen and oxygen atoms in total. The van der Waals surface area contributed by atoms with Crippen LogP contribution < -0.4 is 16.4 Å². The van der Waals surface area contributed by atoms with Crippen LogP contribution in [-0.2, 0) is 28.7 Å². The summed E-state index contributed by atoms with van der Waals surface area (Å²) in [7, 11) is 0. The molecule has 0 unspecified atom stereocenters. The van der Waals surface area contributed by atoms with Gasteiger partial charge in [0.2, 0.25) is 11.8 Å². The number of amides is 2. The number of ether oxygens (including phenoxy) is 2. The molecular weight excluding hydrogens is 422 g/mol. The fourth-order valence-corrected chi connectivity index (χ4v) is 2.47. The van der Waals surface area contributed by atoms with E-state index in [9.17, 15) is 19.2 Å². The highest BCUT2D eigenvalue weighted by molar-refractivity contribution is 7.78. The highest BCUT2D eigenvalue weighted by Gasteiger charge is 2.26. The van der Waals surface area contributed by atoms with E-state index in [0.717, 1.165) is 0 Å². The Kier molecular flexibility index (Phi) is 12.5. The molecule has 0 aromatic rings. The van der Waals surface area contributed by atoms with Crippen molar-refractivity contribution in [2.24, 2.45) is 5.73 Å². The standard InChI is InChI=1S/C21H37N3O6S/c1-20(2,3)29-17(26)11-9-15(18(27)23-12-7-13-31)24-16(25)10-8-14(22)19(28)30-21(4,5)6/h13-15H,7-12,22H2,1-6H3,(H,23,27)(H,24,25)/t14-,15-/m0/s1. The first kappa shape index (κ1) is 28.9. The lowest BCUT2D eigenvalue weighted by Gasteiger charge is -2.23. The molecule has 178 valence electrons. The molecule has 0 aromatic carbocycles. The molecule has 0 saturated heterocycles. The van der Waals surface area contributed by atoms with Crippen LogP contribution in [0.15, 0.2) is 0 Å². The monoisotopic (exact) mass is 459 g/mol. The Morgan fingerprint density at radius 2 is 1.55 bits per heavy atom. The van der Waals surface area contributed by atoms with Crippen LogP contribution in [0.25, 0.3) is 0 Å². The molecule has 0 aliphatic carbocycles. The van der Waals surface area contributed by atoms with Crippen molar-refractivity contribution in [1.82, 2.24) is 10.6 Å². The first-order valence-electron chi connectivity index (χ1n) is 10.4. The molecule has 2 amide bonds. The lowest BCUT2D eigenvalue weighted by Crippen LogP contribution is -2.47. The molecule has 0 saturated carbocycles. The molecule has 2 atom stereocenters. The third kappa shape index (κ3) is 15.4. The summed E-state index contributed by atoms with van der Waals surface area (Å²) in [6.07, 6.45) is 0.517. The van der Waals surface area contributed by atoms with E-state index >= 15 is 0 Å². The predicted octanol–water partition coefficient (Wildman–Crippen LogP) is 1.55. The first-order valence-corrected chi connectivity index (χ1v) is 10.8. The predicted molar refractivity (Wildman–Crippen MR) is 121 cm³/mol. The Morgan fingerprint density at radius 3 is 2.06 bits per heavy atom. The summed E-state index contributed by atoms with van der Waals surface area (Å²) in [5.74, 6) is -1.95. The number of hydrogen-bond acceptors (Lipinski definition) is 8. The number of carbonyl (C=O) groups excluding carboxylic acids is 4. The van der Waals surface area contributed by atoms with Crippen LogP contribution >= 0.6 is 12.2 Å². The van der Waals surface area contributed by atoms with Crippen molar-refractivity contribution in [3.63, 3.8) is 0 Å². The second kappa shape index (κ2) is 13.4. The lowest BCUT2D eigenvalue weighted by atomic mass is 10.1. The fourth-order valence-electron chi connectivity index (χ4n) is 2.35. The molecule has 10 heteroatoms. The maximum atomic E-state index is 12.4. The van der Waals surface area contributed by atoms with E-state index in [0.29, 0.717) is 13.0 Å². The second-order valence-corrected chi connectivity index (χ2v) is 9.50. The van der Waals surface area contributed by atoms with Crippen molar-refractivity contribution in [2.75, 3.05) is 6.54 Å². The van der Waals surface area contributed by atoms with Gasteiger partial charge in [0.15, 0.2) is 0 Å². The zero-order valence-corrected chi connectivity index (χ0v) is 20.2. The van der Waals surface area contributed by atoms with E-state index in [1.54, 1.807) is 41.5 Å². The molecule has 0 spiro atoms. The largest absolute Gasteiger partial charge is 0.460 e. The highest BCUT2D eigenvalue weighted by Crippen LogP contribution is 2.11. The number of esters is 2. The van der Waals surface area contributed by atoms with Gasteiger partial charge >= 0.3 is 11.9 Å². The summed E-state index contributed by atoms with van der Waals surface area (Å²) in [5, 5.41) is 6.76. The van der Waals surface area contributed by atoms with Gasteiger partial charge < -0.3 is 25.8 Å². The molecule has 4 N–H and O–H groups in total. The number of hydrogen-bond donors (Lipinski definition) is 3. The quantitative estimate of drug-likeness (QED) is 0.227. The summed E-state index contributed by atoms with van der Waals surface area (Å²) >= 11 is 4.73. The summed E-state index contributed by atoms with van der Waals surface area (Å²) in [6, 6.07) is -1.88. The van der Waals surface area contributed by atoms with E-state index in [2.05, 4.69) is 10.6 Å². The van der Waals surface area contributed by atoms with Gasteiger partial charge in [-0.05, 0) is 66.2 Å². The van der Waals surface area contributed by atoms with Gasteiger partial charge in [-0.1, -0.05) is 12.2 Å². The number of thiocarbonyl (C=S) groups is 1. The zero-order valence-electron chi connectivity index (χ0n) is 19.4. The maximum Gasteiger partial charge on any atom is 0.323 e. The Labute approximate surface area is 190 Å². The average molecular weight is 460 g/mol. The first-order chi connectivity index (χ1) is 14.1. The van der Waals surface area contributed by atoms with E-state index in [4.69, 9.17) is 27.4 Å². The van der Waals surface area contributed by atoms with Gasteiger partial charge in [0.1, 0.15) is 23.3 Å². The maximum absolute atomic E-state index is 12.4. The second-order valence-electron chi connectivity index (χ2n) is 9.17. The summed E-state index contributed by atoms with van der Waals surface area (Å²) in [5.41, 5.74) is 4.47. The van der Waals surface area contributed by atoms with Gasteiger partial charge in [-0.25, -0.2) is 0 Å². The molecule has 0 bridgehead atoms. The molecule has 0 heterocycles. The summed E-state index contributed by atoms with van der Waals surface area (Å²) in [4.78, 5) is 48.7. The van der Waals surface area contributed by atoms with Crippen LogP contribution in [0.5, 0.6) is 0 Å². The number of carbonyl (C=O) groups is 4. The van der Waals surface area contributed by atoms with Crippen LogP contribution in [0.4, 0.5) is 0 Å². The van der Waals surface area contributed by atoms with Crippen LogP contribution in [0, 0.1) is 0 Å². The fraction of sp³-hybridized carbons (Fsp3) is 0.762. The van der Waals surface area contributed by atoms with E-state index in [1.165, 1.54) is 5.37 Å². The molecule has 0 aliphatic rings. The Morgan fingerprint density at radius 1 is 0.968 bits per heavy atom. The molecule has 0 aromatic heterocycles. The van der Waals surface area contributed by atoms with Crippen molar-refractivity contribution in [2.45, 2.75) is 96.9 Å². The van der Waals surface area contributed by atoms with Gasteiger partial charge in [0.05, 0.1) is 0 Å². The van der Waals surface area contributed by atoms with E-state index < -0.39 is 47.0 Å². The van der Waals surface area contributed by atoms with Gasteiger partial charge in [-0.3, -0.25) is 19.2 Å². The van der Waals surface area contributed by atoms with Crippen LogP contribution in [0.2, 0.25) is 0 Å². The molecule has 0 radical (unpaired) electrons. The molecule has 31 heavy (non-hydrogen) atoms. The number of rotatable bonds is 12. The third-order valence-electron chi connectivity index (χ3n) is 3.66. The van der Waals surface area contributed by atoms with Gasteiger partial charge in [0, 0.05) is 19.4 Å². The Bertz CT molecular complexity index is 640. The van der Waals surface area contributed by atoms with Crippen molar-refractivity contribution < 1.29 is 28.7 Å². The smallest absolute Gasteiger partial charge is 0.323 e. The van der Waals surface area contributed by atoms with Crippen LogP contribution in [0.3, 0.4) is 0 Å². The van der Waals surface area contributed by atoms with E-state index in [-0.39, 0.29) is 25.7 Å². The van der Waals surface area contributed by atoms with Crippen LogP contribution in [0.1, 0.15) is 73.6 Å². The van der Waals surface area contributed by atoms with Gasteiger partial charge in [-0.15, -0.1) is 0 Å². The normalized spacial score (nSPS) is 13.5. The lowest BCUT2D eigenvalue weighted by molar-refractivity contribution is -0.157. The highest BCUT2D eigenvalue weighted by atomic mass is 32.1. The minimum Gasteiger partial charge on any atom is -0.460 e. The number of nitrogens with two attached hydrogens (primary N) is 1. The average Bonchev–Trinajstić information content (AvgIpc) is 2.60. The van der Waals surface area contributed by atoms with Gasteiger partial charge in [0.25, 0.3) is 0 Å². The molecule has 0 fully saturated rings. The topological polar surface area (TPSA) is 137 Å². The zero-order chi connectivity index (χ0) is 24.2. The van der Waals surface area contributed by atoms with Crippen LogP contribution in [-0.4, -0.2) is 59.0 Å². The minimum atomic E-state index is -0.957. The number of nitrogens with one attached hydrogen (secondary N) is 2. The minimum absolute atomic E-state index is 0.0414. The van der Waals surface area contributed by atoms with Crippen molar-refractivity contribution in [1.29, 1.82) is 0 Å². The third-order valence-corrected chi connectivity index (χ3v) is 3.90. The Hall–Kier alpha value is -2.07. The van der Waals surface area contributed by atoms with Crippen molar-refractivity contribution >= 4 is 41.3 Å². The molecular formula is C21H37N3O6S. The summed E-state index contributed by atoms with van der Waals surface area (Å²) < 4.78 is 10.4. The molecule has 0 rings (SSSR count). The Balaban J connectivity index is 4.83. The van der Waals surface area contributed by atoms with Crippen molar-refractivity contribution in [3.8, 4) is 0 Å². The van der Waals surface area contributed by atoms with E-state index in [1.807, 2.05) is 0 Å². The van der Waals surface area contributed by atoms with Gasteiger partial charge in [-0.2, -0.15) is 0 Å². The van der Waals surface area contributed by atoms with Crippen molar-refractivity contribution in [3.05, 3.63) is 0 Å². The summed E-state index contributed by atoms with van der Waals surface area (Å²) in [6.45, 7) is 10.7. The SMILES string of the molecule is CC(C)(C)OC(=O)CC[C@H](NC(=O)CC[C@H](N)C(=O)OC(C)(C)C)C(=O)NCCC=S. The molecule has 0 aliphatic heterocycles.